The zero-order chi connectivity index (χ0) is 13.0. The number of aromatic nitrogens is 2. The van der Waals surface area contributed by atoms with E-state index in [0.29, 0.717) is 11.2 Å². The first-order valence-electron chi connectivity index (χ1n) is 6.33. The van der Waals surface area contributed by atoms with Crippen LogP contribution < -0.4 is 5.32 Å². The van der Waals surface area contributed by atoms with Crippen LogP contribution in [0.25, 0.3) is 0 Å². The second-order valence-corrected chi connectivity index (χ2v) is 4.84. The maximum absolute atomic E-state index is 11.2. The van der Waals surface area contributed by atoms with E-state index in [1.807, 2.05) is 0 Å². The summed E-state index contributed by atoms with van der Waals surface area (Å²) in [6.45, 7) is 3.16. The summed E-state index contributed by atoms with van der Waals surface area (Å²) < 4.78 is 4.57. The van der Waals surface area contributed by atoms with Crippen molar-refractivity contribution in [2.75, 3.05) is 19.0 Å². The van der Waals surface area contributed by atoms with E-state index >= 15 is 0 Å². The maximum atomic E-state index is 11.2. The molecule has 1 aromatic rings. The number of hydrogen-bond acceptors (Lipinski definition) is 5. The molecule has 0 saturated heterocycles. The first-order valence-corrected chi connectivity index (χ1v) is 6.33. The summed E-state index contributed by atoms with van der Waals surface area (Å²) in [4.78, 5) is 19.4. The van der Waals surface area contributed by atoms with Crippen molar-refractivity contribution in [3.63, 3.8) is 0 Å². The minimum Gasteiger partial charge on any atom is -0.464 e. The SMILES string of the molecule is CCC1(CNc2cnc(C(=O)OC)cn2)CCC1. The van der Waals surface area contributed by atoms with E-state index in [9.17, 15) is 4.79 Å². The van der Waals surface area contributed by atoms with E-state index in [0.717, 1.165) is 6.54 Å². The van der Waals surface area contributed by atoms with E-state index in [1.54, 1.807) is 6.20 Å². The average molecular weight is 249 g/mol. The molecule has 98 valence electrons. The van der Waals surface area contributed by atoms with Crippen LogP contribution in [0, 0.1) is 5.41 Å². The quantitative estimate of drug-likeness (QED) is 0.811. The second-order valence-electron chi connectivity index (χ2n) is 4.84. The van der Waals surface area contributed by atoms with Crippen LogP contribution in [0.4, 0.5) is 5.82 Å². The lowest BCUT2D eigenvalue weighted by Crippen LogP contribution is -2.36. The topological polar surface area (TPSA) is 64.1 Å². The van der Waals surface area contributed by atoms with Crippen LogP contribution in [-0.2, 0) is 4.74 Å². The molecule has 0 amide bonds. The molecule has 1 aliphatic carbocycles. The van der Waals surface area contributed by atoms with Gasteiger partial charge in [-0.05, 0) is 24.7 Å². The monoisotopic (exact) mass is 249 g/mol. The number of carbonyl (C=O) groups excluding carboxylic acids is 1. The lowest BCUT2D eigenvalue weighted by Gasteiger charge is -2.41. The van der Waals surface area contributed by atoms with Gasteiger partial charge in [-0.15, -0.1) is 0 Å². The van der Waals surface area contributed by atoms with Gasteiger partial charge >= 0.3 is 5.97 Å². The van der Waals surface area contributed by atoms with Gasteiger partial charge in [0.15, 0.2) is 5.69 Å². The number of hydrogen-bond donors (Lipinski definition) is 1. The van der Waals surface area contributed by atoms with Crippen molar-refractivity contribution < 1.29 is 9.53 Å². The summed E-state index contributed by atoms with van der Waals surface area (Å²) in [7, 11) is 1.33. The van der Waals surface area contributed by atoms with Gasteiger partial charge in [0.2, 0.25) is 0 Å². The highest BCUT2D eigenvalue weighted by atomic mass is 16.5. The normalized spacial score (nSPS) is 16.8. The van der Waals surface area contributed by atoms with E-state index in [1.165, 1.54) is 39.0 Å². The molecule has 18 heavy (non-hydrogen) atoms. The van der Waals surface area contributed by atoms with Crippen LogP contribution in [0.15, 0.2) is 12.4 Å². The van der Waals surface area contributed by atoms with Gasteiger partial charge in [0.05, 0.1) is 19.5 Å². The van der Waals surface area contributed by atoms with E-state index in [2.05, 4.69) is 26.9 Å². The van der Waals surface area contributed by atoms with Crippen molar-refractivity contribution in [1.82, 2.24) is 9.97 Å². The van der Waals surface area contributed by atoms with Gasteiger partial charge in [-0.3, -0.25) is 0 Å². The van der Waals surface area contributed by atoms with Crippen molar-refractivity contribution in [2.45, 2.75) is 32.6 Å². The number of rotatable bonds is 5. The Morgan fingerprint density at radius 1 is 1.44 bits per heavy atom. The Balaban J connectivity index is 1.92. The molecule has 1 fully saturated rings. The Bertz CT molecular complexity index is 407. The summed E-state index contributed by atoms with van der Waals surface area (Å²) in [6.07, 6.45) is 8.09. The Morgan fingerprint density at radius 2 is 2.22 bits per heavy atom. The molecule has 1 aliphatic rings. The fraction of sp³-hybridized carbons (Fsp3) is 0.615. The molecule has 0 bridgehead atoms. The third-order valence-corrected chi connectivity index (χ3v) is 3.86. The van der Waals surface area contributed by atoms with Gasteiger partial charge < -0.3 is 10.1 Å². The number of esters is 1. The zero-order valence-electron chi connectivity index (χ0n) is 10.9. The van der Waals surface area contributed by atoms with Gasteiger partial charge in [-0.1, -0.05) is 13.3 Å². The third-order valence-electron chi connectivity index (χ3n) is 3.86. The largest absolute Gasteiger partial charge is 0.464 e. The highest BCUT2D eigenvalue weighted by molar-refractivity contribution is 5.86. The van der Waals surface area contributed by atoms with Crippen molar-refractivity contribution in [1.29, 1.82) is 0 Å². The predicted octanol–water partition coefficient (Wildman–Crippen LogP) is 2.26. The summed E-state index contributed by atoms with van der Waals surface area (Å²) in [5.41, 5.74) is 0.666. The van der Waals surface area contributed by atoms with Crippen LogP contribution in [-0.4, -0.2) is 29.6 Å². The Labute approximate surface area is 107 Å². The number of ether oxygens (including phenoxy) is 1. The van der Waals surface area contributed by atoms with Crippen LogP contribution in [0.1, 0.15) is 43.1 Å². The van der Waals surface area contributed by atoms with Crippen molar-refractivity contribution in [3.05, 3.63) is 18.1 Å². The average Bonchev–Trinajstić information content (AvgIpc) is 2.38. The molecule has 2 rings (SSSR count). The molecule has 5 nitrogen and oxygen atoms in total. The van der Waals surface area contributed by atoms with Gasteiger partial charge in [0, 0.05) is 6.54 Å². The molecule has 1 aromatic heterocycles. The molecule has 0 aliphatic heterocycles. The molecule has 0 radical (unpaired) electrons. The molecule has 1 saturated carbocycles. The number of nitrogens with one attached hydrogen (secondary N) is 1. The smallest absolute Gasteiger partial charge is 0.358 e. The van der Waals surface area contributed by atoms with E-state index in [-0.39, 0.29) is 5.69 Å². The predicted molar refractivity (Wildman–Crippen MR) is 68.4 cm³/mol. The number of carbonyl (C=O) groups is 1. The third kappa shape index (κ3) is 2.60. The Morgan fingerprint density at radius 3 is 2.67 bits per heavy atom. The summed E-state index contributed by atoms with van der Waals surface area (Å²) in [5.74, 6) is 0.250. The van der Waals surface area contributed by atoms with Gasteiger partial charge in [-0.2, -0.15) is 0 Å². The molecular formula is C13H19N3O2. The highest BCUT2D eigenvalue weighted by Gasteiger charge is 2.34. The maximum Gasteiger partial charge on any atom is 0.358 e. The summed E-state index contributed by atoms with van der Waals surface area (Å²) in [5, 5.41) is 3.30. The standard InChI is InChI=1S/C13H19N3O2/c1-3-13(5-4-6-13)9-16-11-8-14-10(7-15-11)12(17)18-2/h7-8H,3-6,9H2,1-2H3,(H,15,16). The molecule has 1 heterocycles. The second kappa shape index (κ2) is 5.33. The van der Waals surface area contributed by atoms with Crippen LogP contribution >= 0.6 is 0 Å². The fourth-order valence-corrected chi connectivity index (χ4v) is 2.24. The van der Waals surface area contributed by atoms with Crippen molar-refractivity contribution in [2.24, 2.45) is 5.41 Å². The van der Waals surface area contributed by atoms with E-state index in [4.69, 9.17) is 0 Å². The zero-order valence-corrected chi connectivity index (χ0v) is 10.9. The number of methoxy groups -OCH3 is 1. The molecule has 0 spiro atoms. The van der Waals surface area contributed by atoms with Gasteiger partial charge in [0.25, 0.3) is 0 Å². The summed E-state index contributed by atoms with van der Waals surface area (Å²) in [6, 6.07) is 0. The Kier molecular flexibility index (Phi) is 3.79. The first-order chi connectivity index (χ1) is 8.69. The Hall–Kier alpha value is -1.65. The van der Waals surface area contributed by atoms with E-state index < -0.39 is 5.97 Å². The first kappa shape index (κ1) is 12.8. The summed E-state index contributed by atoms with van der Waals surface area (Å²) >= 11 is 0. The molecule has 0 atom stereocenters. The molecule has 5 heteroatoms. The highest BCUT2D eigenvalue weighted by Crippen LogP contribution is 2.43. The van der Waals surface area contributed by atoms with Crippen LogP contribution in [0.3, 0.4) is 0 Å². The van der Waals surface area contributed by atoms with Crippen molar-refractivity contribution in [3.8, 4) is 0 Å². The lowest BCUT2D eigenvalue weighted by atomic mass is 9.67. The molecule has 0 unspecified atom stereocenters. The molecule has 0 aromatic carbocycles. The minimum atomic E-state index is -0.460. The van der Waals surface area contributed by atoms with Crippen LogP contribution in [0.5, 0.6) is 0 Å². The minimum absolute atomic E-state index is 0.233. The van der Waals surface area contributed by atoms with Gasteiger partial charge in [0.1, 0.15) is 5.82 Å². The lowest BCUT2D eigenvalue weighted by molar-refractivity contribution is 0.0593. The van der Waals surface area contributed by atoms with Crippen molar-refractivity contribution >= 4 is 11.8 Å². The molecule has 1 N–H and O–H groups in total. The number of nitrogens with zero attached hydrogens (tertiary/aromatic N) is 2. The van der Waals surface area contributed by atoms with Gasteiger partial charge in [-0.25, -0.2) is 14.8 Å². The number of anilines is 1. The fourth-order valence-electron chi connectivity index (χ4n) is 2.24. The molecular weight excluding hydrogens is 230 g/mol. The van der Waals surface area contributed by atoms with Crippen LogP contribution in [0.2, 0.25) is 0 Å².